The van der Waals surface area contributed by atoms with Crippen molar-refractivity contribution in [2.75, 3.05) is 6.54 Å². The molecule has 23 heavy (non-hydrogen) atoms. The highest BCUT2D eigenvalue weighted by molar-refractivity contribution is 7.87. The van der Waals surface area contributed by atoms with Crippen molar-refractivity contribution >= 4 is 22.1 Å². The maximum Gasteiger partial charge on any atom is 0.334 e. The van der Waals surface area contributed by atoms with Crippen LogP contribution < -0.4 is 0 Å². The zero-order chi connectivity index (χ0) is 17.2. The molecule has 0 spiro atoms. The second-order valence-corrected chi connectivity index (χ2v) is 7.01. The Morgan fingerprint density at radius 2 is 1.96 bits per heavy atom. The fourth-order valence-electron chi connectivity index (χ4n) is 2.62. The predicted octanol–water partition coefficient (Wildman–Crippen LogP) is -0.0566. The van der Waals surface area contributed by atoms with E-state index in [1.807, 2.05) is 0 Å². The monoisotopic (exact) mass is 345 g/mol. The molecule has 0 aliphatic carbocycles. The lowest BCUT2D eigenvalue weighted by Gasteiger charge is -2.30. The van der Waals surface area contributed by atoms with E-state index in [2.05, 4.69) is 0 Å². The Bertz CT molecular complexity index is 692. The van der Waals surface area contributed by atoms with Gasteiger partial charge >= 0.3 is 16.2 Å². The van der Waals surface area contributed by atoms with Crippen LogP contribution in [0.15, 0.2) is 30.3 Å². The fourth-order valence-corrected chi connectivity index (χ4v) is 3.30. The van der Waals surface area contributed by atoms with E-state index in [0.717, 1.165) is 4.90 Å². The molecule has 0 aromatic heterocycles. The smallest absolute Gasteiger partial charge is 0.334 e. The predicted molar refractivity (Wildman–Crippen MR) is 77.7 cm³/mol. The fraction of sp³-hybridized carbons (Fsp3) is 0.429. The van der Waals surface area contributed by atoms with Gasteiger partial charge in [0.1, 0.15) is 5.25 Å². The minimum Gasteiger partial charge on any atom is -0.479 e. The highest BCUT2D eigenvalue weighted by Gasteiger charge is 2.44. The molecule has 1 aliphatic rings. The van der Waals surface area contributed by atoms with Gasteiger partial charge in [-0.15, -0.1) is 3.89 Å². The zero-order valence-electron chi connectivity index (χ0n) is 12.0. The highest BCUT2D eigenvalue weighted by atomic mass is 32.3. The van der Waals surface area contributed by atoms with E-state index in [9.17, 15) is 27.0 Å². The van der Waals surface area contributed by atoms with E-state index in [1.165, 1.54) is 0 Å². The summed E-state index contributed by atoms with van der Waals surface area (Å²) in [5.41, 5.74) is 0.664. The molecule has 1 heterocycles. The van der Waals surface area contributed by atoms with Gasteiger partial charge in [0, 0.05) is 13.0 Å². The van der Waals surface area contributed by atoms with E-state index in [4.69, 9.17) is 5.11 Å². The Kier molecular flexibility index (Phi) is 5.00. The lowest BCUT2D eigenvalue weighted by atomic mass is 10.00. The molecule has 1 aliphatic heterocycles. The third-order valence-electron chi connectivity index (χ3n) is 3.83. The third-order valence-corrected chi connectivity index (χ3v) is 4.94. The van der Waals surface area contributed by atoms with Crippen LogP contribution in [0.2, 0.25) is 0 Å². The Morgan fingerprint density at radius 1 is 1.35 bits per heavy atom. The van der Waals surface area contributed by atoms with E-state index < -0.39 is 52.5 Å². The Hall–Kier alpha value is -2.00. The van der Waals surface area contributed by atoms with Gasteiger partial charge in [-0.3, -0.25) is 4.79 Å². The first kappa shape index (κ1) is 17.4. The Labute approximate surface area is 132 Å². The summed E-state index contributed by atoms with van der Waals surface area (Å²) in [5, 5.41) is 17.4. The van der Waals surface area contributed by atoms with Crippen LogP contribution in [-0.2, 0) is 26.2 Å². The van der Waals surface area contributed by atoms with Crippen LogP contribution in [0.5, 0.6) is 0 Å². The average molecular weight is 345 g/mol. The lowest BCUT2D eigenvalue weighted by Crippen LogP contribution is -2.49. The van der Waals surface area contributed by atoms with Gasteiger partial charge in [0.15, 0.2) is 6.10 Å². The summed E-state index contributed by atoms with van der Waals surface area (Å²) in [5.74, 6) is -2.23. The van der Waals surface area contributed by atoms with Crippen molar-refractivity contribution in [3.8, 4) is 0 Å². The van der Waals surface area contributed by atoms with Crippen LogP contribution in [0.4, 0.5) is 3.89 Å². The van der Waals surface area contributed by atoms with Crippen molar-refractivity contribution in [1.82, 2.24) is 4.90 Å². The maximum atomic E-state index is 13.1. The first-order valence-corrected chi connectivity index (χ1v) is 8.32. The summed E-state index contributed by atoms with van der Waals surface area (Å²) in [6.45, 7) is -0.473. The molecule has 7 nitrogen and oxygen atoms in total. The molecule has 0 bridgehead atoms. The second-order valence-electron chi connectivity index (χ2n) is 5.39. The normalized spacial score (nSPS) is 21.2. The first-order chi connectivity index (χ1) is 10.7. The number of benzene rings is 1. The molecule has 2 N–H and O–H groups in total. The molecule has 1 unspecified atom stereocenters. The van der Waals surface area contributed by atoms with Crippen molar-refractivity contribution in [3.05, 3.63) is 35.9 Å². The van der Waals surface area contributed by atoms with E-state index in [0.29, 0.717) is 5.56 Å². The number of carboxylic acid groups (broad SMARTS) is 1. The van der Waals surface area contributed by atoms with Gasteiger partial charge < -0.3 is 15.1 Å². The number of aliphatic hydroxyl groups excluding tert-OH is 1. The average Bonchev–Trinajstić information content (AvgIpc) is 2.87. The Morgan fingerprint density at radius 3 is 2.43 bits per heavy atom. The molecule has 0 saturated carbocycles. The zero-order valence-corrected chi connectivity index (χ0v) is 12.8. The molecule has 2 rings (SSSR count). The summed E-state index contributed by atoms with van der Waals surface area (Å²) in [7, 11) is -4.91. The number of rotatable bonds is 6. The quantitative estimate of drug-likeness (QED) is 0.699. The number of aliphatic hydroxyl groups is 1. The van der Waals surface area contributed by atoms with Gasteiger partial charge in [0.05, 0.1) is 6.04 Å². The third kappa shape index (κ3) is 4.05. The van der Waals surface area contributed by atoms with Crippen molar-refractivity contribution in [1.29, 1.82) is 0 Å². The molecule has 1 amide bonds. The van der Waals surface area contributed by atoms with Gasteiger partial charge in [0.25, 0.3) is 0 Å². The van der Waals surface area contributed by atoms with Crippen molar-refractivity contribution < 1.29 is 32.1 Å². The molecular formula is C14H16FNO6S. The summed E-state index contributed by atoms with van der Waals surface area (Å²) in [6.07, 6.45) is -2.45. The number of carboxylic acids is 1. The Balaban J connectivity index is 2.27. The highest BCUT2D eigenvalue weighted by Crippen LogP contribution is 2.25. The lowest BCUT2D eigenvalue weighted by molar-refractivity contribution is -0.152. The molecule has 0 radical (unpaired) electrons. The number of hydrogen-bond donors (Lipinski definition) is 2. The largest absolute Gasteiger partial charge is 0.479 e. The number of carbonyl (C=O) groups is 2. The van der Waals surface area contributed by atoms with Gasteiger partial charge in [-0.05, 0) is 12.0 Å². The van der Waals surface area contributed by atoms with Crippen LogP contribution in [0, 0.1) is 0 Å². The number of aliphatic carboxylic acids is 1. The molecule has 1 fully saturated rings. The second kappa shape index (κ2) is 6.63. The van der Waals surface area contributed by atoms with Crippen LogP contribution >= 0.6 is 0 Å². The van der Waals surface area contributed by atoms with Gasteiger partial charge in [0.2, 0.25) is 5.91 Å². The van der Waals surface area contributed by atoms with Gasteiger partial charge in [-0.2, -0.15) is 8.42 Å². The van der Waals surface area contributed by atoms with Crippen molar-refractivity contribution in [3.63, 3.8) is 0 Å². The van der Waals surface area contributed by atoms with E-state index in [1.54, 1.807) is 30.3 Å². The number of likely N-dealkylation sites (tertiary alicyclic amines) is 1. The van der Waals surface area contributed by atoms with Crippen LogP contribution in [0.1, 0.15) is 12.0 Å². The van der Waals surface area contributed by atoms with Crippen LogP contribution in [0.3, 0.4) is 0 Å². The summed E-state index contributed by atoms with van der Waals surface area (Å²) in [6, 6.07) is 7.37. The van der Waals surface area contributed by atoms with Gasteiger partial charge in [-0.1, -0.05) is 30.3 Å². The minimum atomic E-state index is -4.91. The van der Waals surface area contributed by atoms with E-state index in [-0.39, 0.29) is 6.42 Å². The molecule has 1 aromatic carbocycles. The molecule has 3 atom stereocenters. The number of amides is 1. The van der Waals surface area contributed by atoms with E-state index >= 15 is 0 Å². The molecular weight excluding hydrogens is 329 g/mol. The molecule has 9 heteroatoms. The summed E-state index contributed by atoms with van der Waals surface area (Å²) >= 11 is 0. The number of carbonyl (C=O) groups excluding carboxylic acids is 1. The maximum absolute atomic E-state index is 13.1. The van der Waals surface area contributed by atoms with Crippen molar-refractivity contribution in [2.24, 2.45) is 0 Å². The van der Waals surface area contributed by atoms with Crippen LogP contribution in [0.25, 0.3) is 0 Å². The number of halogens is 1. The molecule has 126 valence electrons. The minimum absolute atomic E-state index is 0.0130. The summed E-state index contributed by atoms with van der Waals surface area (Å²) < 4.78 is 35.1. The van der Waals surface area contributed by atoms with Crippen molar-refractivity contribution in [2.45, 2.75) is 30.2 Å². The summed E-state index contributed by atoms with van der Waals surface area (Å²) in [4.78, 5) is 24.0. The van der Waals surface area contributed by atoms with Gasteiger partial charge in [-0.25, -0.2) is 4.79 Å². The number of hydrogen-bond acceptors (Lipinski definition) is 5. The standard InChI is InChI=1S/C14H16FNO6S/c15-23(21,22)10-7-12(17)16(8-10)11(13(18)14(19)20)6-9-4-2-1-3-5-9/h1-5,10-11,13,18H,6-8H2,(H,19,20)/t10?,11-,13+/m1/s1. The number of nitrogens with zero attached hydrogens (tertiary/aromatic N) is 1. The topological polar surface area (TPSA) is 112 Å². The molecule has 1 aromatic rings. The molecule has 1 saturated heterocycles. The first-order valence-electron chi connectivity index (χ1n) is 6.88. The van der Waals surface area contributed by atoms with Crippen LogP contribution in [-0.4, -0.2) is 59.3 Å². The SMILES string of the molecule is O=C(O)[C@@H](O)[C@@H](Cc1ccccc1)N1CC(S(=O)(=O)F)CC1=O.